The first-order valence-corrected chi connectivity index (χ1v) is 5.64. The molecule has 6 heteroatoms. The summed E-state index contributed by atoms with van der Waals surface area (Å²) in [6, 6.07) is 0.0937. The van der Waals surface area contributed by atoms with Gasteiger partial charge < -0.3 is 15.0 Å². The summed E-state index contributed by atoms with van der Waals surface area (Å²) < 4.78 is 5.35. The first-order chi connectivity index (χ1) is 7.60. The van der Waals surface area contributed by atoms with E-state index in [1.165, 1.54) is 6.92 Å². The Morgan fingerprint density at radius 1 is 1.50 bits per heavy atom. The van der Waals surface area contributed by atoms with Gasteiger partial charge in [0.05, 0.1) is 31.8 Å². The van der Waals surface area contributed by atoms with Crippen LogP contribution in [0.1, 0.15) is 6.92 Å². The second-order valence-electron chi connectivity index (χ2n) is 4.08. The lowest BCUT2D eigenvalue weighted by Gasteiger charge is -2.30. The van der Waals surface area contributed by atoms with E-state index in [9.17, 15) is 9.59 Å². The Morgan fingerprint density at radius 3 is 2.69 bits per heavy atom. The fourth-order valence-corrected chi connectivity index (χ4v) is 1.96. The number of nitrogens with one attached hydrogen (secondary N) is 1. The number of ether oxygens (including phenoxy) is 1. The van der Waals surface area contributed by atoms with E-state index in [1.807, 2.05) is 7.05 Å². The van der Waals surface area contributed by atoms with E-state index < -0.39 is 0 Å². The summed E-state index contributed by atoms with van der Waals surface area (Å²) in [5.41, 5.74) is 0. The van der Waals surface area contributed by atoms with E-state index >= 15 is 0 Å². The Labute approximate surface area is 96.9 Å². The molecular formula is C10H19BN2O3. The van der Waals surface area contributed by atoms with Crippen LogP contribution < -0.4 is 5.32 Å². The fourth-order valence-electron chi connectivity index (χ4n) is 1.96. The predicted octanol–water partition coefficient (Wildman–Crippen LogP) is -1.56. The highest BCUT2D eigenvalue weighted by Crippen LogP contribution is 2.14. The Balaban J connectivity index is 2.74. The van der Waals surface area contributed by atoms with E-state index in [4.69, 9.17) is 4.74 Å². The van der Waals surface area contributed by atoms with Gasteiger partial charge in [0.15, 0.2) is 0 Å². The Hall–Kier alpha value is -0.875. The van der Waals surface area contributed by atoms with Crippen molar-refractivity contribution in [1.29, 1.82) is 0 Å². The van der Waals surface area contributed by atoms with Gasteiger partial charge in [0.2, 0.25) is 5.91 Å². The summed E-state index contributed by atoms with van der Waals surface area (Å²) in [5, 5.41) is 3.12. The molecule has 1 aliphatic heterocycles. The van der Waals surface area contributed by atoms with Crippen LogP contribution in [0, 0.1) is 0 Å². The summed E-state index contributed by atoms with van der Waals surface area (Å²) in [5.74, 6) is 0.00880. The first kappa shape index (κ1) is 13.2. The number of Topliss-reactive ketones (excluding diaryl/α,β-unsaturated/α-hetero) is 1. The van der Waals surface area contributed by atoms with Crippen LogP contribution >= 0.6 is 0 Å². The first-order valence-electron chi connectivity index (χ1n) is 5.64. The van der Waals surface area contributed by atoms with Crippen molar-refractivity contribution in [1.82, 2.24) is 10.2 Å². The summed E-state index contributed by atoms with van der Waals surface area (Å²) in [6.45, 7) is 2.77. The Morgan fingerprint density at radius 2 is 2.19 bits per heavy atom. The van der Waals surface area contributed by atoms with Crippen molar-refractivity contribution in [3.8, 4) is 0 Å². The molecule has 1 N–H and O–H groups in total. The van der Waals surface area contributed by atoms with Crippen molar-refractivity contribution < 1.29 is 14.3 Å². The van der Waals surface area contributed by atoms with Crippen LogP contribution in [0.15, 0.2) is 0 Å². The van der Waals surface area contributed by atoms with Gasteiger partial charge in [-0.25, -0.2) is 0 Å². The quantitative estimate of drug-likeness (QED) is 0.576. The monoisotopic (exact) mass is 226 g/mol. The lowest BCUT2D eigenvalue weighted by molar-refractivity contribution is -0.135. The van der Waals surface area contributed by atoms with Gasteiger partial charge in [-0.15, -0.1) is 0 Å². The number of carbonyl (C=O) groups is 2. The molecule has 1 fully saturated rings. The lowest BCUT2D eigenvalue weighted by Crippen LogP contribution is -2.52. The number of carbonyl (C=O) groups excluding carboxylic acids is 2. The standard InChI is InChI=1S/C10H19BN2O3/c1-7(14)4-13(10(15)3-11)9-6-16-5-8(9)12-2/h8-9,12H,3-6,11H2,1-2H3/t8-,9-/m0/s1. The number of likely N-dealkylation sites (N-methyl/N-ethyl adjacent to an activating group) is 1. The number of ketones is 1. The smallest absolute Gasteiger partial charge is 0.215 e. The molecule has 2 atom stereocenters. The molecule has 1 aliphatic rings. The number of amides is 1. The molecule has 90 valence electrons. The minimum absolute atomic E-state index is 0.00329. The molecule has 0 spiro atoms. The molecule has 0 radical (unpaired) electrons. The third-order valence-electron chi connectivity index (χ3n) is 2.84. The van der Waals surface area contributed by atoms with Crippen LogP contribution in [0.3, 0.4) is 0 Å². The molecule has 0 aromatic carbocycles. The molecule has 1 rings (SSSR count). The SMILES string of the molecule is BCC(=O)N(CC(C)=O)[C@H]1COC[C@@H]1NC. The maximum atomic E-state index is 11.8. The minimum Gasteiger partial charge on any atom is -0.378 e. The molecule has 1 amide bonds. The maximum absolute atomic E-state index is 11.8. The third kappa shape index (κ3) is 3.06. The lowest BCUT2D eigenvalue weighted by atomic mass is 10.0. The average molecular weight is 226 g/mol. The van der Waals surface area contributed by atoms with Crippen LogP contribution in [-0.2, 0) is 14.3 Å². The van der Waals surface area contributed by atoms with E-state index in [-0.39, 0.29) is 30.3 Å². The summed E-state index contributed by atoms with van der Waals surface area (Å²) in [4.78, 5) is 24.6. The van der Waals surface area contributed by atoms with Gasteiger partial charge in [-0.2, -0.15) is 0 Å². The molecule has 1 saturated heterocycles. The molecule has 0 aromatic rings. The van der Waals surface area contributed by atoms with Crippen LogP contribution in [-0.4, -0.2) is 63.3 Å². The van der Waals surface area contributed by atoms with Gasteiger partial charge in [-0.05, 0) is 20.3 Å². The third-order valence-corrected chi connectivity index (χ3v) is 2.84. The minimum atomic E-state index is -0.0265. The van der Waals surface area contributed by atoms with E-state index in [1.54, 1.807) is 12.7 Å². The summed E-state index contributed by atoms with van der Waals surface area (Å²) >= 11 is 0. The van der Waals surface area contributed by atoms with Crippen molar-refractivity contribution >= 4 is 19.5 Å². The van der Waals surface area contributed by atoms with Gasteiger partial charge >= 0.3 is 0 Å². The normalized spacial score (nSPS) is 24.4. The number of hydrogen-bond donors (Lipinski definition) is 1. The molecule has 0 saturated carbocycles. The van der Waals surface area contributed by atoms with Crippen molar-refractivity contribution in [2.75, 3.05) is 26.8 Å². The van der Waals surface area contributed by atoms with Gasteiger partial charge in [0.1, 0.15) is 13.6 Å². The molecular weight excluding hydrogens is 207 g/mol. The topological polar surface area (TPSA) is 58.6 Å². The highest BCUT2D eigenvalue weighted by molar-refractivity contribution is 6.19. The van der Waals surface area contributed by atoms with Gasteiger partial charge in [-0.1, -0.05) is 0 Å². The number of rotatable bonds is 5. The highest BCUT2D eigenvalue weighted by Gasteiger charge is 2.34. The van der Waals surface area contributed by atoms with Crippen molar-refractivity contribution in [2.24, 2.45) is 0 Å². The molecule has 0 aliphatic carbocycles. The Bertz CT molecular complexity index is 273. The Kier molecular flexibility index (Phi) is 4.95. The number of nitrogens with zero attached hydrogens (tertiary/aromatic N) is 1. The molecule has 0 aromatic heterocycles. The van der Waals surface area contributed by atoms with Gasteiger partial charge in [0.25, 0.3) is 0 Å². The molecule has 16 heavy (non-hydrogen) atoms. The second kappa shape index (κ2) is 6.01. The van der Waals surface area contributed by atoms with E-state index in [0.29, 0.717) is 19.5 Å². The fraction of sp³-hybridized carbons (Fsp3) is 0.800. The maximum Gasteiger partial charge on any atom is 0.215 e. The van der Waals surface area contributed by atoms with Crippen LogP contribution in [0.5, 0.6) is 0 Å². The average Bonchev–Trinajstić information content (AvgIpc) is 2.72. The zero-order chi connectivity index (χ0) is 12.1. The number of hydrogen-bond acceptors (Lipinski definition) is 4. The molecule has 0 bridgehead atoms. The molecule has 1 heterocycles. The highest BCUT2D eigenvalue weighted by atomic mass is 16.5. The van der Waals surface area contributed by atoms with E-state index in [0.717, 1.165) is 0 Å². The van der Waals surface area contributed by atoms with Crippen LogP contribution in [0.25, 0.3) is 0 Å². The molecule has 0 unspecified atom stereocenters. The second-order valence-corrected chi connectivity index (χ2v) is 4.08. The van der Waals surface area contributed by atoms with Crippen molar-refractivity contribution in [3.05, 3.63) is 0 Å². The van der Waals surface area contributed by atoms with Crippen LogP contribution in [0.4, 0.5) is 0 Å². The van der Waals surface area contributed by atoms with Crippen molar-refractivity contribution in [2.45, 2.75) is 25.3 Å². The summed E-state index contributed by atoms with van der Waals surface area (Å²) in [6.07, 6.45) is 0.417. The van der Waals surface area contributed by atoms with E-state index in [2.05, 4.69) is 5.32 Å². The van der Waals surface area contributed by atoms with Gasteiger partial charge in [0, 0.05) is 0 Å². The molecule has 5 nitrogen and oxygen atoms in total. The zero-order valence-electron chi connectivity index (χ0n) is 10.2. The van der Waals surface area contributed by atoms with Gasteiger partial charge in [-0.3, -0.25) is 9.59 Å². The predicted molar refractivity (Wildman–Crippen MR) is 63.2 cm³/mol. The zero-order valence-corrected chi connectivity index (χ0v) is 10.2. The largest absolute Gasteiger partial charge is 0.378 e. The van der Waals surface area contributed by atoms with Crippen LogP contribution in [0.2, 0.25) is 6.32 Å². The van der Waals surface area contributed by atoms with Crippen molar-refractivity contribution in [3.63, 3.8) is 0 Å². The summed E-state index contributed by atoms with van der Waals surface area (Å²) in [7, 11) is 3.65.